The molecule has 0 heterocycles. The normalized spacial score (nSPS) is 10.1. The van der Waals surface area contributed by atoms with E-state index in [9.17, 15) is 10.1 Å². The summed E-state index contributed by atoms with van der Waals surface area (Å²) in [5.74, 6) is 0. The molecule has 0 saturated heterocycles. The number of nitrogens with zero attached hydrogens (tertiary/aromatic N) is 1. The molecule has 0 unspecified atom stereocenters. The summed E-state index contributed by atoms with van der Waals surface area (Å²) in [6.07, 6.45) is 0. The van der Waals surface area contributed by atoms with Gasteiger partial charge in [-0.2, -0.15) is 0 Å². The predicted octanol–water partition coefficient (Wildman–Crippen LogP) is 4.65. The first-order chi connectivity index (χ1) is 8.59. The molecule has 18 heavy (non-hydrogen) atoms. The molecule has 0 bridgehead atoms. The second-order valence-electron chi connectivity index (χ2n) is 3.50. The van der Waals surface area contributed by atoms with Gasteiger partial charge in [0.05, 0.1) is 20.7 Å². The van der Waals surface area contributed by atoms with Crippen molar-refractivity contribution in [3.8, 4) is 0 Å². The van der Waals surface area contributed by atoms with E-state index in [0.29, 0.717) is 21.4 Å². The quantitative estimate of drug-likeness (QED) is 0.659. The number of rotatable bonds is 3. The Labute approximate surface area is 113 Å². The molecule has 0 fully saturated rings. The average molecular weight is 283 g/mol. The van der Waals surface area contributed by atoms with Crippen LogP contribution in [0.15, 0.2) is 42.5 Å². The molecule has 0 spiro atoms. The van der Waals surface area contributed by atoms with Crippen molar-refractivity contribution >= 4 is 40.3 Å². The van der Waals surface area contributed by atoms with Gasteiger partial charge in [-0.3, -0.25) is 10.1 Å². The second kappa shape index (κ2) is 5.25. The monoisotopic (exact) mass is 282 g/mol. The van der Waals surface area contributed by atoms with Gasteiger partial charge in [0.1, 0.15) is 5.69 Å². The van der Waals surface area contributed by atoms with Crippen molar-refractivity contribution in [2.75, 3.05) is 5.32 Å². The molecule has 0 saturated carbocycles. The van der Waals surface area contributed by atoms with Gasteiger partial charge >= 0.3 is 0 Å². The van der Waals surface area contributed by atoms with Crippen molar-refractivity contribution in [2.24, 2.45) is 0 Å². The highest BCUT2D eigenvalue weighted by Gasteiger charge is 2.14. The average Bonchev–Trinajstić information content (AvgIpc) is 2.34. The molecular weight excluding hydrogens is 275 g/mol. The molecule has 0 aliphatic carbocycles. The molecule has 92 valence electrons. The Morgan fingerprint density at radius 1 is 1.00 bits per heavy atom. The van der Waals surface area contributed by atoms with Gasteiger partial charge in [-0.25, -0.2) is 0 Å². The summed E-state index contributed by atoms with van der Waals surface area (Å²) < 4.78 is 0. The number of benzene rings is 2. The molecule has 4 nitrogen and oxygen atoms in total. The molecule has 2 aromatic carbocycles. The van der Waals surface area contributed by atoms with Crippen molar-refractivity contribution in [1.29, 1.82) is 0 Å². The summed E-state index contributed by atoms with van der Waals surface area (Å²) in [5, 5.41) is 14.6. The van der Waals surface area contributed by atoms with Crippen molar-refractivity contribution in [3.63, 3.8) is 0 Å². The number of halogens is 2. The maximum absolute atomic E-state index is 10.9. The van der Waals surface area contributed by atoms with E-state index < -0.39 is 4.92 Å². The van der Waals surface area contributed by atoms with Gasteiger partial charge in [0, 0.05) is 6.07 Å². The van der Waals surface area contributed by atoms with Gasteiger partial charge in [0.15, 0.2) is 0 Å². The summed E-state index contributed by atoms with van der Waals surface area (Å²) in [6, 6.07) is 11.3. The highest BCUT2D eigenvalue weighted by molar-refractivity contribution is 6.39. The molecule has 0 aromatic heterocycles. The van der Waals surface area contributed by atoms with Gasteiger partial charge in [0.25, 0.3) is 5.69 Å². The van der Waals surface area contributed by atoms with Gasteiger partial charge < -0.3 is 5.32 Å². The van der Waals surface area contributed by atoms with Crippen LogP contribution in [0.2, 0.25) is 10.0 Å². The van der Waals surface area contributed by atoms with E-state index in [4.69, 9.17) is 23.2 Å². The Morgan fingerprint density at radius 3 is 2.22 bits per heavy atom. The fraction of sp³-hybridized carbons (Fsp3) is 0. The van der Waals surface area contributed by atoms with E-state index in [1.54, 1.807) is 36.4 Å². The van der Waals surface area contributed by atoms with E-state index >= 15 is 0 Å². The van der Waals surface area contributed by atoms with Crippen LogP contribution in [0.1, 0.15) is 0 Å². The maximum Gasteiger partial charge on any atom is 0.292 e. The number of para-hydroxylation sites is 3. The first-order valence-electron chi connectivity index (χ1n) is 5.04. The third-order valence-electron chi connectivity index (χ3n) is 2.32. The summed E-state index contributed by atoms with van der Waals surface area (Å²) in [7, 11) is 0. The molecule has 2 rings (SSSR count). The molecule has 0 radical (unpaired) electrons. The summed E-state index contributed by atoms with van der Waals surface area (Å²) >= 11 is 12.0. The highest BCUT2D eigenvalue weighted by Crippen LogP contribution is 2.35. The smallest absolute Gasteiger partial charge is 0.292 e. The number of hydrogen-bond acceptors (Lipinski definition) is 3. The predicted molar refractivity (Wildman–Crippen MR) is 72.8 cm³/mol. The number of nitro benzene ring substituents is 1. The molecule has 0 amide bonds. The zero-order chi connectivity index (χ0) is 13.1. The van der Waals surface area contributed by atoms with E-state index in [2.05, 4.69) is 5.32 Å². The Morgan fingerprint density at radius 2 is 1.61 bits per heavy atom. The van der Waals surface area contributed by atoms with Gasteiger partial charge in [-0.15, -0.1) is 0 Å². The van der Waals surface area contributed by atoms with Crippen LogP contribution in [-0.2, 0) is 0 Å². The summed E-state index contributed by atoms with van der Waals surface area (Å²) in [4.78, 5) is 10.4. The number of anilines is 2. The van der Waals surface area contributed by atoms with Crippen molar-refractivity contribution in [3.05, 3.63) is 62.6 Å². The first-order valence-corrected chi connectivity index (χ1v) is 5.79. The van der Waals surface area contributed by atoms with Crippen molar-refractivity contribution in [2.45, 2.75) is 0 Å². The third-order valence-corrected chi connectivity index (χ3v) is 2.95. The van der Waals surface area contributed by atoms with Crippen LogP contribution < -0.4 is 5.32 Å². The van der Waals surface area contributed by atoms with Crippen molar-refractivity contribution in [1.82, 2.24) is 0 Å². The Balaban J connectivity index is 2.43. The fourth-order valence-corrected chi connectivity index (χ4v) is 1.98. The van der Waals surface area contributed by atoms with E-state index in [1.807, 2.05) is 0 Å². The second-order valence-corrected chi connectivity index (χ2v) is 4.31. The topological polar surface area (TPSA) is 55.2 Å². The van der Waals surface area contributed by atoms with Crippen molar-refractivity contribution < 1.29 is 4.92 Å². The zero-order valence-corrected chi connectivity index (χ0v) is 10.6. The van der Waals surface area contributed by atoms with E-state index in [0.717, 1.165) is 0 Å². The highest BCUT2D eigenvalue weighted by atomic mass is 35.5. The first kappa shape index (κ1) is 12.7. The Kier molecular flexibility index (Phi) is 3.69. The van der Waals surface area contributed by atoms with Crippen LogP contribution >= 0.6 is 23.2 Å². The van der Waals surface area contributed by atoms with Crippen LogP contribution in [0.5, 0.6) is 0 Å². The molecule has 2 aromatic rings. The number of nitro groups is 1. The zero-order valence-electron chi connectivity index (χ0n) is 9.06. The third kappa shape index (κ3) is 2.55. The van der Waals surface area contributed by atoms with Gasteiger partial charge in [0.2, 0.25) is 0 Å². The van der Waals surface area contributed by atoms with Crippen LogP contribution in [0.4, 0.5) is 17.1 Å². The minimum atomic E-state index is -0.465. The van der Waals surface area contributed by atoms with E-state index in [-0.39, 0.29) is 5.69 Å². The largest absolute Gasteiger partial charge is 0.347 e. The lowest BCUT2D eigenvalue weighted by Gasteiger charge is -2.10. The Hall–Kier alpha value is -1.78. The maximum atomic E-state index is 10.9. The molecular formula is C12H8Cl2N2O2. The molecule has 1 N–H and O–H groups in total. The minimum absolute atomic E-state index is 0.0338. The van der Waals surface area contributed by atoms with E-state index in [1.165, 1.54) is 6.07 Å². The lowest BCUT2D eigenvalue weighted by molar-refractivity contribution is -0.383. The van der Waals surface area contributed by atoms with Crippen LogP contribution in [0, 0.1) is 10.1 Å². The molecule has 0 aliphatic rings. The number of hydrogen-bond donors (Lipinski definition) is 1. The van der Waals surface area contributed by atoms with Crippen LogP contribution in [0.3, 0.4) is 0 Å². The SMILES string of the molecule is O=[N+]([O-])c1ccccc1Nc1c(Cl)cccc1Cl. The minimum Gasteiger partial charge on any atom is -0.347 e. The lowest BCUT2D eigenvalue weighted by Crippen LogP contribution is -1.97. The number of nitrogens with one attached hydrogen (secondary N) is 1. The standard InChI is InChI=1S/C12H8Cl2N2O2/c13-8-4-3-5-9(14)12(8)15-10-6-1-2-7-11(10)16(17)18/h1-7,15H. The molecule has 0 aliphatic heterocycles. The molecule has 0 atom stereocenters. The summed E-state index contributed by atoms with van der Waals surface area (Å²) in [5.41, 5.74) is 0.765. The van der Waals surface area contributed by atoms with Crippen LogP contribution in [-0.4, -0.2) is 4.92 Å². The van der Waals surface area contributed by atoms with Gasteiger partial charge in [-0.1, -0.05) is 41.4 Å². The van der Waals surface area contributed by atoms with Gasteiger partial charge in [-0.05, 0) is 18.2 Å². The fourth-order valence-electron chi connectivity index (χ4n) is 1.49. The summed E-state index contributed by atoms with van der Waals surface area (Å²) in [6.45, 7) is 0. The molecule has 6 heteroatoms. The van der Waals surface area contributed by atoms with Crippen LogP contribution in [0.25, 0.3) is 0 Å². The lowest BCUT2D eigenvalue weighted by atomic mass is 10.2. The Bertz CT molecular complexity index is 582.